The maximum Gasteiger partial charge on any atom is 0.275 e. The Kier molecular flexibility index (Phi) is 4.23. The summed E-state index contributed by atoms with van der Waals surface area (Å²) in [5, 5.41) is 4.77. The topological polar surface area (TPSA) is 54.9 Å². The van der Waals surface area contributed by atoms with Crippen molar-refractivity contribution in [2.75, 3.05) is 5.32 Å². The third-order valence-electron chi connectivity index (χ3n) is 2.77. The molecule has 0 saturated heterocycles. The van der Waals surface area contributed by atoms with Crippen LogP contribution in [0.5, 0.6) is 0 Å². The summed E-state index contributed by atoms with van der Waals surface area (Å²) in [5.41, 5.74) is 1.79. The van der Waals surface area contributed by atoms with Gasteiger partial charge in [-0.25, -0.2) is 4.98 Å². The van der Waals surface area contributed by atoms with E-state index in [0.29, 0.717) is 5.69 Å². The number of nitrogens with one attached hydrogen (secondary N) is 1. The van der Waals surface area contributed by atoms with Crippen molar-refractivity contribution in [2.24, 2.45) is 0 Å². The molecule has 1 N–H and O–H groups in total. The lowest BCUT2D eigenvalue weighted by Crippen LogP contribution is -2.13. The average Bonchev–Trinajstić information content (AvgIpc) is 3.08. The van der Waals surface area contributed by atoms with Gasteiger partial charge < -0.3 is 5.32 Å². The third-order valence-corrected chi connectivity index (χ3v) is 3.55. The van der Waals surface area contributed by atoms with Crippen LogP contribution in [0.25, 0.3) is 0 Å². The number of benzene rings is 1. The van der Waals surface area contributed by atoms with Gasteiger partial charge in [-0.05, 0) is 29.6 Å². The highest BCUT2D eigenvalue weighted by atomic mass is 32.1. The smallest absolute Gasteiger partial charge is 0.275 e. The lowest BCUT2D eigenvalue weighted by atomic mass is 10.2. The number of carbonyl (C=O) groups is 1. The van der Waals surface area contributed by atoms with Crippen LogP contribution in [0.1, 0.15) is 20.9 Å². The molecule has 2 aromatic heterocycles. The quantitative estimate of drug-likeness (QED) is 0.740. The first kappa shape index (κ1) is 14.0. The maximum atomic E-state index is 12.0. The molecule has 0 fully saturated rings. The zero-order valence-electron chi connectivity index (χ0n) is 11.5. The maximum absolute atomic E-state index is 12.0. The van der Waals surface area contributed by atoms with Gasteiger partial charge in [0.15, 0.2) is 0 Å². The number of rotatable bonds is 2. The number of carbonyl (C=O) groups excluding carboxylic acids is 1. The van der Waals surface area contributed by atoms with Crippen molar-refractivity contribution in [3.63, 3.8) is 0 Å². The Labute approximate surface area is 131 Å². The van der Waals surface area contributed by atoms with Gasteiger partial charge in [-0.2, -0.15) is 0 Å². The average molecular weight is 305 g/mol. The first-order valence-corrected chi connectivity index (χ1v) is 7.42. The molecule has 3 rings (SSSR count). The zero-order valence-corrected chi connectivity index (χ0v) is 12.3. The largest absolute Gasteiger partial charge is 0.321 e. The first-order valence-electron chi connectivity index (χ1n) is 6.54. The van der Waals surface area contributed by atoms with Gasteiger partial charge in [0.25, 0.3) is 5.91 Å². The van der Waals surface area contributed by atoms with E-state index in [2.05, 4.69) is 27.1 Å². The number of hydrogen-bond acceptors (Lipinski definition) is 4. The van der Waals surface area contributed by atoms with E-state index in [1.165, 1.54) is 18.6 Å². The number of amides is 1. The van der Waals surface area contributed by atoms with Crippen molar-refractivity contribution in [3.8, 4) is 11.8 Å². The van der Waals surface area contributed by atoms with Gasteiger partial charge in [0, 0.05) is 23.6 Å². The van der Waals surface area contributed by atoms with Crippen LogP contribution in [-0.4, -0.2) is 15.9 Å². The molecule has 1 amide bonds. The second kappa shape index (κ2) is 6.66. The van der Waals surface area contributed by atoms with Crippen LogP contribution in [0, 0.1) is 11.8 Å². The molecule has 4 nitrogen and oxygen atoms in total. The third kappa shape index (κ3) is 3.57. The lowest BCUT2D eigenvalue weighted by Gasteiger charge is -2.04. The Morgan fingerprint density at radius 1 is 1.14 bits per heavy atom. The molecule has 0 spiro atoms. The summed E-state index contributed by atoms with van der Waals surface area (Å²) in [6.07, 6.45) is 4.44. The molecule has 5 heteroatoms. The minimum atomic E-state index is -0.295. The Morgan fingerprint density at radius 3 is 2.86 bits per heavy atom. The van der Waals surface area contributed by atoms with Gasteiger partial charge in [-0.1, -0.05) is 24.0 Å². The zero-order chi connectivity index (χ0) is 15.2. The fourth-order valence-corrected chi connectivity index (χ4v) is 2.34. The summed E-state index contributed by atoms with van der Waals surface area (Å²) in [4.78, 5) is 20.9. The Bertz CT molecular complexity index is 833. The molecular formula is C17H11N3OS. The number of aromatic nitrogens is 2. The molecule has 22 heavy (non-hydrogen) atoms. The fourth-order valence-electron chi connectivity index (χ4n) is 1.77. The highest BCUT2D eigenvalue weighted by molar-refractivity contribution is 7.10. The van der Waals surface area contributed by atoms with Crippen LogP contribution in [0.15, 0.2) is 60.4 Å². The highest BCUT2D eigenvalue weighted by Crippen LogP contribution is 2.12. The van der Waals surface area contributed by atoms with Crippen LogP contribution in [0.2, 0.25) is 0 Å². The molecule has 0 radical (unpaired) electrons. The number of hydrogen-bond donors (Lipinski definition) is 1. The Balaban J connectivity index is 1.75. The van der Waals surface area contributed by atoms with Gasteiger partial charge in [-0.3, -0.25) is 9.78 Å². The molecular weight excluding hydrogens is 294 g/mol. The monoisotopic (exact) mass is 305 g/mol. The van der Waals surface area contributed by atoms with E-state index in [1.807, 2.05) is 41.8 Å². The number of nitrogens with zero attached hydrogens (tertiary/aromatic N) is 2. The predicted octanol–water partition coefficient (Wildman–Crippen LogP) is 3.19. The SMILES string of the molecule is O=C(Nc1cccc(C#Cc2cccs2)c1)c1cnccn1. The number of anilines is 1. The molecule has 0 bridgehead atoms. The van der Waals surface area contributed by atoms with Crippen molar-refractivity contribution in [2.45, 2.75) is 0 Å². The van der Waals surface area contributed by atoms with Gasteiger partial charge >= 0.3 is 0 Å². The summed E-state index contributed by atoms with van der Waals surface area (Å²) >= 11 is 1.60. The van der Waals surface area contributed by atoms with E-state index in [9.17, 15) is 4.79 Å². The second-order valence-corrected chi connectivity index (χ2v) is 5.30. The normalized spacial score (nSPS) is 9.64. The van der Waals surface area contributed by atoms with Crippen molar-refractivity contribution >= 4 is 22.9 Å². The molecule has 0 atom stereocenters. The minimum Gasteiger partial charge on any atom is -0.321 e. The van der Waals surface area contributed by atoms with Crippen LogP contribution in [-0.2, 0) is 0 Å². The van der Waals surface area contributed by atoms with Crippen molar-refractivity contribution in [1.29, 1.82) is 0 Å². The molecule has 3 aromatic rings. The van der Waals surface area contributed by atoms with E-state index in [1.54, 1.807) is 11.3 Å². The molecule has 0 aliphatic carbocycles. The van der Waals surface area contributed by atoms with E-state index < -0.39 is 0 Å². The van der Waals surface area contributed by atoms with Crippen molar-refractivity contribution < 1.29 is 4.79 Å². The van der Waals surface area contributed by atoms with Crippen LogP contribution in [0.3, 0.4) is 0 Å². The highest BCUT2D eigenvalue weighted by Gasteiger charge is 2.07. The lowest BCUT2D eigenvalue weighted by molar-refractivity contribution is 0.102. The minimum absolute atomic E-state index is 0.276. The molecule has 0 saturated carbocycles. The van der Waals surface area contributed by atoms with E-state index in [0.717, 1.165) is 10.4 Å². The van der Waals surface area contributed by atoms with E-state index in [-0.39, 0.29) is 11.6 Å². The summed E-state index contributed by atoms with van der Waals surface area (Å²) < 4.78 is 0. The van der Waals surface area contributed by atoms with Gasteiger partial charge in [-0.15, -0.1) is 11.3 Å². The number of thiophene rings is 1. The summed E-state index contributed by atoms with van der Waals surface area (Å²) in [5.74, 6) is 5.87. The fraction of sp³-hybridized carbons (Fsp3) is 0. The first-order chi connectivity index (χ1) is 10.8. The summed E-state index contributed by atoms with van der Waals surface area (Å²) in [6, 6.07) is 11.3. The molecule has 0 aliphatic heterocycles. The van der Waals surface area contributed by atoms with Crippen LogP contribution in [0.4, 0.5) is 5.69 Å². The Morgan fingerprint density at radius 2 is 2.09 bits per heavy atom. The van der Waals surface area contributed by atoms with Gasteiger partial charge in [0.2, 0.25) is 0 Å². The summed E-state index contributed by atoms with van der Waals surface area (Å²) in [6.45, 7) is 0. The molecule has 1 aromatic carbocycles. The molecule has 0 unspecified atom stereocenters. The summed E-state index contributed by atoms with van der Waals surface area (Å²) in [7, 11) is 0. The standard InChI is InChI=1S/C17H11N3OS/c21-17(16-12-18-8-9-19-16)20-14-4-1-3-13(11-14)6-7-15-5-2-10-22-15/h1-5,8-12H,(H,20,21). The van der Waals surface area contributed by atoms with Crippen molar-refractivity contribution in [3.05, 3.63) is 76.5 Å². The van der Waals surface area contributed by atoms with Crippen LogP contribution < -0.4 is 5.32 Å². The predicted molar refractivity (Wildman–Crippen MR) is 86.7 cm³/mol. The van der Waals surface area contributed by atoms with Gasteiger partial charge in [0.05, 0.1) is 11.1 Å². The Hall–Kier alpha value is -2.97. The second-order valence-electron chi connectivity index (χ2n) is 4.35. The van der Waals surface area contributed by atoms with Gasteiger partial charge in [0.1, 0.15) is 5.69 Å². The van der Waals surface area contributed by atoms with Crippen LogP contribution >= 0.6 is 11.3 Å². The van der Waals surface area contributed by atoms with E-state index >= 15 is 0 Å². The molecule has 2 heterocycles. The molecule has 0 aliphatic rings. The van der Waals surface area contributed by atoms with E-state index in [4.69, 9.17) is 0 Å². The molecule has 106 valence electrons. The van der Waals surface area contributed by atoms with Crippen molar-refractivity contribution in [1.82, 2.24) is 9.97 Å².